The van der Waals surface area contributed by atoms with Gasteiger partial charge in [-0.3, -0.25) is 4.79 Å². The van der Waals surface area contributed by atoms with Gasteiger partial charge in [0.1, 0.15) is 0 Å². The molecule has 1 saturated carbocycles. The minimum atomic E-state index is -3.49. The number of rotatable bonds is 6. The minimum Gasteiger partial charge on any atom is -0.376 e. The molecule has 140 valence electrons. The molecule has 0 heterocycles. The van der Waals surface area contributed by atoms with Crippen LogP contribution < -0.4 is 10.6 Å². The van der Waals surface area contributed by atoms with Crippen molar-refractivity contribution in [2.75, 3.05) is 26.0 Å². The molecular formula is C18H29N3O3S. The summed E-state index contributed by atoms with van der Waals surface area (Å²) in [6.45, 7) is 2.03. The van der Waals surface area contributed by atoms with E-state index in [0.29, 0.717) is 5.69 Å². The van der Waals surface area contributed by atoms with Crippen LogP contribution in [0, 0.1) is 6.92 Å². The first-order valence-corrected chi connectivity index (χ1v) is 10.3. The van der Waals surface area contributed by atoms with Crippen molar-refractivity contribution < 1.29 is 13.2 Å². The summed E-state index contributed by atoms with van der Waals surface area (Å²) >= 11 is 0. The maximum atomic E-state index is 12.2. The zero-order chi connectivity index (χ0) is 18.4. The fourth-order valence-corrected chi connectivity index (χ4v) is 3.97. The lowest BCUT2D eigenvalue weighted by Gasteiger charge is -2.18. The van der Waals surface area contributed by atoms with E-state index < -0.39 is 10.0 Å². The molecule has 0 aromatic heterocycles. The average Bonchev–Trinajstić information content (AvgIpc) is 2.82. The van der Waals surface area contributed by atoms with Crippen LogP contribution >= 0.6 is 0 Å². The van der Waals surface area contributed by atoms with Crippen LogP contribution in [0.5, 0.6) is 0 Å². The van der Waals surface area contributed by atoms with E-state index in [1.807, 2.05) is 6.92 Å². The van der Waals surface area contributed by atoms with E-state index in [2.05, 4.69) is 10.6 Å². The van der Waals surface area contributed by atoms with Gasteiger partial charge in [-0.25, -0.2) is 12.7 Å². The van der Waals surface area contributed by atoms with Crippen molar-refractivity contribution >= 4 is 21.6 Å². The van der Waals surface area contributed by atoms with Crippen LogP contribution in [0.4, 0.5) is 5.69 Å². The highest BCUT2D eigenvalue weighted by molar-refractivity contribution is 7.89. The van der Waals surface area contributed by atoms with Crippen molar-refractivity contribution in [2.45, 2.75) is 56.4 Å². The molecule has 7 heteroatoms. The highest BCUT2D eigenvalue weighted by Gasteiger charge is 2.19. The molecule has 0 unspecified atom stereocenters. The molecule has 1 aromatic carbocycles. The second-order valence-electron chi connectivity index (χ2n) is 6.87. The number of aryl methyl sites for hydroxylation is 1. The third-order valence-corrected chi connectivity index (χ3v) is 6.46. The summed E-state index contributed by atoms with van der Waals surface area (Å²) in [6, 6.07) is 5.19. The number of hydrogen-bond donors (Lipinski definition) is 2. The Kier molecular flexibility index (Phi) is 6.84. The van der Waals surface area contributed by atoms with Gasteiger partial charge in [-0.05, 0) is 37.5 Å². The smallest absolute Gasteiger partial charge is 0.242 e. The van der Waals surface area contributed by atoms with Gasteiger partial charge >= 0.3 is 0 Å². The van der Waals surface area contributed by atoms with Gasteiger partial charge in [0.25, 0.3) is 0 Å². The zero-order valence-electron chi connectivity index (χ0n) is 15.3. The SMILES string of the molecule is Cc1ccc(S(=O)(=O)N(C)C)cc1NCC(=O)NC1CCCCCC1. The number of carbonyl (C=O) groups excluding carboxylic acids is 1. The van der Waals surface area contributed by atoms with Gasteiger partial charge in [0.15, 0.2) is 0 Å². The van der Waals surface area contributed by atoms with Crippen LogP contribution in [-0.4, -0.2) is 45.3 Å². The predicted octanol–water partition coefficient (Wildman–Crippen LogP) is 2.50. The van der Waals surface area contributed by atoms with E-state index in [9.17, 15) is 13.2 Å². The molecule has 0 atom stereocenters. The lowest BCUT2D eigenvalue weighted by atomic mass is 10.1. The highest BCUT2D eigenvalue weighted by atomic mass is 32.2. The molecule has 1 aromatic rings. The third-order valence-electron chi connectivity index (χ3n) is 4.65. The van der Waals surface area contributed by atoms with E-state index in [1.165, 1.54) is 44.1 Å². The summed E-state index contributed by atoms with van der Waals surface area (Å²) in [5.41, 5.74) is 1.57. The lowest BCUT2D eigenvalue weighted by Crippen LogP contribution is -2.38. The van der Waals surface area contributed by atoms with Gasteiger partial charge in [-0.1, -0.05) is 31.7 Å². The van der Waals surface area contributed by atoms with Crippen molar-refractivity contribution in [3.05, 3.63) is 23.8 Å². The van der Waals surface area contributed by atoms with Crippen molar-refractivity contribution in [2.24, 2.45) is 0 Å². The first-order chi connectivity index (χ1) is 11.8. The van der Waals surface area contributed by atoms with Gasteiger partial charge in [-0.15, -0.1) is 0 Å². The van der Waals surface area contributed by atoms with Crippen molar-refractivity contribution in [3.8, 4) is 0 Å². The van der Waals surface area contributed by atoms with Crippen LogP contribution in [0.2, 0.25) is 0 Å². The number of hydrogen-bond acceptors (Lipinski definition) is 4. The molecule has 1 amide bonds. The number of amides is 1. The Morgan fingerprint density at radius 2 is 1.80 bits per heavy atom. The Labute approximate surface area is 151 Å². The fourth-order valence-electron chi connectivity index (χ4n) is 3.04. The number of anilines is 1. The Hall–Kier alpha value is -1.60. The standard InChI is InChI=1S/C18H29N3O3S/c1-14-10-11-16(25(23,24)21(2)3)12-17(14)19-13-18(22)20-15-8-6-4-5-7-9-15/h10-12,15,19H,4-9,13H2,1-3H3,(H,20,22). The van der Waals surface area contributed by atoms with Crippen LogP contribution in [-0.2, 0) is 14.8 Å². The zero-order valence-corrected chi connectivity index (χ0v) is 16.2. The quantitative estimate of drug-likeness (QED) is 0.757. The molecule has 0 saturated heterocycles. The summed E-state index contributed by atoms with van der Waals surface area (Å²) in [4.78, 5) is 12.4. The number of sulfonamides is 1. The molecular weight excluding hydrogens is 338 g/mol. The lowest BCUT2D eigenvalue weighted by molar-refractivity contribution is -0.120. The topological polar surface area (TPSA) is 78.5 Å². The van der Waals surface area contributed by atoms with E-state index in [-0.39, 0.29) is 23.4 Å². The molecule has 0 radical (unpaired) electrons. The molecule has 6 nitrogen and oxygen atoms in total. The largest absolute Gasteiger partial charge is 0.376 e. The molecule has 1 aliphatic carbocycles. The van der Waals surface area contributed by atoms with Gasteiger partial charge in [-0.2, -0.15) is 0 Å². The normalized spacial score (nSPS) is 16.5. The van der Waals surface area contributed by atoms with Gasteiger partial charge in [0.2, 0.25) is 15.9 Å². The minimum absolute atomic E-state index is 0.0489. The molecule has 25 heavy (non-hydrogen) atoms. The molecule has 0 spiro atoms. The number of nitrogens with one attached hydrogen (secondary N) is 2. The Balaban J connectivity index is 1.99. The number of carbonyl (C=O) groups is 1. The van der Waals surface area contributed by atoms with Crippen molar-refractivity contribution in [1.82, 2.24) is 9.62 Å². The fraction of sp³-hybridized carbons (Fsp3) is 0.611. The van der Waals surface area contributed by atoms with Crippen LogP contribution in [0.25, 0.3) is 0 Å². The monoisotopic (exact) mass is 367 g/mol. The van der Waals surface area contributed by atoms with Crippen molar-refractivity contribution in [1.29, 1.82) is 0 Å². The van der Waals surface area contributed by atoms with Crippen LogP contribution in [0.15, 0.2) is 23.1 Å². The van der Waals surface area contributed by atoms with Crippen LogP contribution in [0.1, 0.15) is 44.1 Å². The molecule has 0 aliphatic heterocycles. The second-order valence-corrected chi connectivity index (χ2v) is 9.03. The molecule has 0 bridgehead atoms. The Morgan fingerprint density at radius 3 is 2.40 bits per heavy atom. The Bertz CT molecular complexity index is 694. The second kappa shape index (κ2) is 8.67. The third kappa shape index (κ3) is 5.44. The molecule has 2 N–H and O–H groups in total. The first-order valence-electron chi connectivity index (χ1n) is 8.87. The van der Waals surface area contributed by atoms with Crippen LogP contribution in [0.3, 0.4) is 0 Å². The first kappa shape index (κ1) is 19.7. The Morgan fingerprint density at radius 1 is 1.16 bits per heavy atom. The van der Waals surface area contributed by atoms with Gasteiger partial charge in [0, 0.05) is 25.8 Å². The highest BCUT2D eigenvalue weighted by Crippen LogP contribution is 2.22. The molecule has 1 fully saturated rings. The van der Waals surface area contributed by atoms with Gasteiger partial charge in [0.05, 0.1) is 11.4 Å². The van der Waals surface area contributed by atoms with E-state index >= 15 is 0 Å². The predicted molar refractivity (Wildman–Crippen MR) is 100 cm³/mol. The maximum Gasteiger partial charge on any atom is 0.242 e. The molecule has 2 rings (SSSR count). The summed E-state index contributed by atoms with van der Waals surface area (Å²) in [5, 5.41) is 6.16. The average molecular weight is 368 g/mol. The van der Waals surface area contributed by atoms with Gasteiger partial charge < -0.3 is 10.6 Å². The summed E-state index contributed by atoms with van der Waals surface area (Å²) < 4.78 is 25.7. The molecule has 1 aliphatic rings. The van der Waals surface area contributed by atoms with E-state index in [4.69, 9.17) is 0 Å². The van der Waals surface area contributed by atoms with E-state index in [1.54, 1.807) is 18.2 Å². The number of benzene rings is 1. The van der Waals surface area contributed by atoms with E-state index in [0.717, 1.165) is 18.4 Å². The summed E-state index contributed by atoms with van der Waals surface area (Å²) in [6.07, 6.45) is 6.92. The summed E-state index contributed by atoms with van der Waals surface area (Å²) in [7, 11) is -0.484. The van der Waals surface area contributed by atoms with Crippen molar-refractivity contribution in [3.63, 3.8) is 0 Å². The maximum absolute atomic E-state index is 12.2. The number of nitrogens with zero attached hydrogens (tertiary/aromatic N) is 1. The summed E-state index contributed by atoms with van der Waals surface area (Å²) in [5.74, 6) is -0.0489.